The summed E-state index contributed by atoms with van der Waals surface area (Å²) in [5.74, 6) is 0.957. The van der Waals surface area contributed by atoms with Crippen LogP contribution in [0.25, 0.3) is 5.69 Å². The van der Waals surface area contributed by atoms with Gasteiger partial charge in [0, 0.05) is 11.6 Å². The fraction of sp³-hybridized carbons (Fsp3) is 0.400. The van der Waals surface area contributed by atoms with E-state index in [4.69, 9.17) is 23.8 Å². The van der Waals surface area contributed by atoms with Crippen molar-refractivity contribution in [2.75, 3.05) is 12.3 Å². The maximum Gasteiger partial charge on any atom is 0.230 e. The largest absolute Gasteiger partial charge is 0.355 e. The molecule has 23 heavy (non-hydrogen) atoms. The number of hydrogen-bond donors (Lipinski definition) is 1. The van der Waals surface area contributed by atoms with Gasteiger partial charge >= 0.3 is 0 Å². The van der Waals surface area contributed by atoms with Crippen LogP contribution in [0.2, 0.25) is 5.02 Å². The van der Waals surface area contributed by atoms with E-state index in [0.717, 1.165) is 16.4 Å². The molecule has 0 radical (unpaired) electrons. The van der Waals surface area contributed by atoms with Crippen LogP contribution in [-0.2, 0) is 4.79 Å². The van der Waals surface area contributed by atoms with Crippen molar-refractivity contribution >= 4 is 52.8 Å². The van der Waals surface area contributed by atoms with E-state index >= 15 is 0 Å². The molecule has 1 aromatic carbocycles. The summed E-state index contributed by atoms with van der Waals surface area (Å²) in [5.41, 5.74) is 0.865. The molecule has 2 rings (SSSR count). The average Bonchev–Trinajstić information content (AvgIpc) is 2.87. The predicted octanol–water partition coefficient (Wildman–Crippen LogP) is 4.57. The summed E-state index contributed by atoms with van der Waals surface area (Å²) in [5, 5.41) is 8.04. The zero-order valence-corrected chi connectivity index (χ0v) is 16.1. The highest BCUT2D eigenvalue weighted by Gasteiger charge is 2.09. The second-order valence-electron chi connectivity index (χ2n) is 5.34. The number of aromatic nitrogens is 2. The molecule has 8 heteroatoms. The fourth-order valence-electron chi connectivity index (χ4n) is 1.74. The van der Waals surface area contributed by atoms with Crippen LogP contribution >= 0.6 is 46.9 Å². The normalized spacial score (nSPS) is 11.0. The first-order valence-corrected chi connectivity index (χ1v) is 9.80. The van der Waals surface area contributed by atoms with E-state index in [1.54, 1.807) is 16.8 Å². The zero-order valence-electron chi connectivity index (χ0n) is 12.9. The lowest BCUT2D eigenvalue weighted by molar-refractivity contribution is -0.118. The molecule has 0 saturated carbocycles. The van der Waals surface area contributed by atoms with Crippen molar-refractivity contribution in [2.45, 2.75) is 24.6 Å². The Morgan fingerprint density at radius 3 is 2.78 bits per heavy atom. The van der Waals surface area contributed by atoms with E-state index in [0.29, 0.717) is 27.2 Å². The molecule has 0 fully saturated rings. The van der Waals surface area contributed by atoms with Gasteiger partial charge in [0.05, 0.1) is 11.4 Å². The Bertz CT molecular complexity index is 710. The molecule has 0 atom stereocenters. The highest BCUT2D eigenvalue weighted by molar-refractivity contribution is 8.01. The molecule has 2 aromatic rings. The molecule has 0 unspecified atom stereocenters. The lowest BCUT2D eigenvalue weighted by Gasteiger charge is -2.06. The van der Waals surface area contributed by atoms with Crippen molar-refractivity contribution in [3.8, 4) is 5.69 Å². The van der Waals surface area contributed by atoms with Gasteiger partial charge in [-0.3, -0.25) is 4.79 Å². The van der Waals surface area contributed by atoms with Crippen molar-refractivity contribution < 1.29 is 4.79 Å². The van der Waals surface area contributed by atoms with Gasteiger partial charge in [-0.1, -0.05) is 48.5 Å². The summed E-state index contributed by atoms with van der Waals surface area (Å²) in [4.78, 5) is 11.8. The minimum atomic E-state index is 0.0230. The van der Waals surface area contributed by atoms with Crippen LogP contribution in [0, 0.1) is 9.87 Å². The SMILES string of the molecule is CC(C)CCNC(=O)CSc1nn(-c2ccc(Cl)cc2)c(=S)s1. The molecule has 1 heterocycles. The second-order valence-corrected chi connectivity index (χ2v) is 8.62. The highest BCUT2D eigenvalue weighted by Crippen LogP contribution is 2.24. The van der Waals surface area contributed by atoms with Gasteiger partial charge in [0.2, 0.25) is 5.91 Å². The molecule has 1 aromatic heterocycles. The molecule has 0 bridgehead atoms. The number of nitrogens with zero attached hydrogens (tertiary/aromatic N) is 2. The lowest BCUT2D eigenvalue weighted by atomic mass is 10.1. The summed E-state index contributed by atoms with van der Waals surface area (Å²) in [6.07, 6.45) is 0.987. The molecule has 1 N–H and O–H groups in total. The molecular weight excluding hydrogens is 370 g/mol. The van der Waals surface area contributed by atoms with Crippen LogP contribution in [0.4, 0.5) is 0 Å². The number of thioether (sulfide) groups is 1. The van der Waals surface area contributed by atoms with Crippen molar-refractivity contribution in [1.82, 2.24) is 15.1 Å². The number of benzene rings is 1. The van der Waals surface area contributed by atoms with Crippen LogP contribution in [0.15, 0.2) is 28.6 Å². The van der Waals surface area contributed by atoms with E-state index in [9.17, 15) is 4.79 Å². The van der Waals surface area contributed by atoms with Gasteiger partial charge in [-0.05, 0) is 48.8 Å². The minimum Gasteiger partial charge on any atom is -0.355 e. The van der Waals surface area contributed by atoms with Crippen LogP contribution in [0.3, 0.4) is 0 Å². The molecule has 0 aliphatic heterocycles. The molecule has 0 aliphatic rings. The van der Waals surface area contributed by atoms with E-state index in [2.05, 4.69) is 24.3 Å². The predicted molar refractivity (Wildman–Crippen MR) is 100 cm³/mol. The first-order chi connectivity index (χ1) is 11.0. The van der Waals surface area contributed by atoms with Gasteiger partial charge in [0.15, 0.2) is 8.29 Å². The third-order valence-electron chi connectivity index (χ3n) is 2.97. The maximum atomic E-state index is 11.8. The number of hydrogen-bond acceptors (Lipinski definition) is 5. The number of amides is 1. The maximum absolute atomic E-state index is 11.8. The summed E-state index contributed by atoms with van der Waals surface area (Å²) in [7, 11) is 0. The van der Waals surface area contributed by atoms with Crippen LogP contribution < -0.4 is 5.32 Å². The summed E-state index contributed by atoms with van der Waals surface area (Å²) in [6, 6.07) is 7.33. The Labute approximate surface area is 154 Å². The van der Waals surface area contributed by atoms with Crippen LogP contribution in [-0.4, -0.2) is 28.0 Å². The topological polar surface area (TPSA) is 46.9 Å². The molecule has 1 amide bonds. The number of carbonyl (C=O) groups is 1. The monoisotopic (exact) mass is 387 g/mol. The lowest BCUT2D eigenvalue weighted by Crippen LogP contribution is -2.26. The van der Waals surface area contributed by atoms with Gasteiger partial charge < -0.3 is 5.32 Å². The Kier molecular flexibility index (Phi) is 7.08. The number of nitrogens with one attached hydrogen (secondary N) is 1. The van der Waals surface area contributed by atoms with Crippen LogP contribution in [0.5, 0.6) is 0 Å². The van der Waals surface area contributed by atoms with E-state index < -0.39 is 0 Å². The molecule has 124 valence electrons. The molecule has 4 nitrogen and oxygen atoms in total. The summed E-state index contributed by atoms with van der Waals surface area (Å²) >= 11 is 14.0. The Balaban J connectivity index is 1.92. The average molecular weight is 388 g/mol. The second kappa shape index (κ2) is 8.82. The van der Waals surface area contributed by atoms with Gasteiger partial charge in [0.1, 0.15) is 0 Å². The first kappa shape index (κ1) is 18.4. The van der Waals surface area contributed by atoms with Crippen molar-refractivity contribution in [1.29, 1.82) is 0 Å². The van der Waals surface area contributed by atoms with Gasteiger partial charge in [-0.15, -0.1) is 5.10 Å². The minimum absolute atomic E-state index is 0.0230. The van der Waals surface area contributed by atoms with E-state index in [1.807, 2.05) is 12.1 Å². The zero-order chi connectivity index (χ0) is 16.8. The number of rotatable bonds is 7. The quantitative estimate of drug-likeness (QED) is 0.558. The first-order valence-electron chi connectivity index (χ1n) is 7.21. The molecular formula is C15H18ClN3OS3. The van der Waals surface area contributed by atoms with Gasteiger partial charge in [-0.2, -0.15) is 0 Å². The molecule has 0 saturated heterocycles. The van der Waals surface area contributed by atoms with Gasteiger partial charge in [-0.25, -0.2) is 4.68 Å². The van der Waals surface area contributed by atoms with Crippen molar-refractivity contribution in [2.24, 2.45) is 5.92 Å². The van der Waals surface area contributed by atoms with E-state index in [1.165, 1.54) is 23.1 Å². The molecule has 0 aliphatic carbocycles. The smallest absolute Gasteiger partial charge is 0.230 e. The number of carbonyl (C=O) groups excluding carboxylic acids is 1. The summed E-state index contributed by atoms with van der Waals surface area (Å²) in [6.45, 7) is 4.99. The van der Waals surface area contributed by atoms with E-state index in [-0.39, 0.29) is 5.91 Å². The highest BCUT2D eigenvalue weighted by atomic mass is 35.5. The number of halogens is 1. The van der Waals surface area contributed by atoms with Crippen molar-refractivity contribution in [3.63, 3.8) is 0 Å². The summed E-state index contributed by atoms with van der Waals surface area (Å²) < 4.78 is 3.12. The third kappa shape index (κ3) is 5.91. The van der Waals surface area contributed by atoms with Crippen LogP contribution in [0.1, 0.15) is 20.3 Å². The Hall–Kier alpha value is -0.890. The standard InChI is InChI=1S/C15H18ClN3OS3/c1-10(2)7-8-17-13(20)9-22-14-18-19(15(21)23-14)12-5-3-11(16)4-6-12/h3-6,10H,7-9H2,1-2H3,(H,17,20). The van der Waals surface area contributed by atoms with Gasteiger partial charge in [0.25, 0.3) is 0 Å². The third-order valence-corrected chi connectivity index (χ3v) is 5.59. The molecule has 0 spiro atoms. The fourth-order valence-corrected chi connectivity index (χ4v) is 4.06. The van der Waals surface area contributed by atoms with Crippen molar-refractivity contribution in [3.05, 3.63) is 33.2 Å². The Morgan fingerprint density at radius 1 is 1.43 bits per heavy atom. The Morgan fingerprint density at radius 2 is 2.13 bits per heavy atom.